The number of benzene rings is 1. The Morgan fingerprint density at radius 2 is 2.04 bits per heavy atom. The van der Waals surface area contributed by atoms with Crippen molar-refractivity contribution >= 4 is 23.3 Å². The Kier molecular flexibility index (Phi) is 4.95. The summed E-state index contributed by atoms with van der Waals surface area (Å²) in [5.74, 6) is 0.0144. The molecule has 0 bridgehead atoms. The van der Waals surface area contributed by atoms with Gasteiger partial charge in [-0.25, -0.2) is 0 Å². The van der Waals surface area contributed by atoms with Crippen LogP contribution in [0.2, 0.25) is 5.02 Å². The fourth-order valence-corrected chi connectivity index (χ4v) is 3.60. The highest BCUT2D eigenvalue weighted by Crippen LogP contribution is 2.27. The highest BCUT2D eigenvalue weighted by Gasteiger charge is 2.32. The molecule has 1 atom stereocenters. The van der Waals surface area contributed by atoms with Gasteiger partial charge in [-0.05, 0) is 49.9 Å². The lowest BCUT2D eigenvalue weighted by molar-refractivity contribution is 0.0716. The topological polar surface area (TPSA) is 55.2 Å². The summed E-state index contributed by atoms with van der Waals surface area (Å²) in [6.45, 7) is 4.47. The molecule has 3 rings (SSSR count). The molecule has 0 spiro atoms. The van der Waals surface area contributed by atoms with E-state index in [1.54, 1.807) is 24.1 Å². The maximum atomic E-state index is 13.0. The van der Waals surface area contributed by atoms with Crippen molar-refractivity contribution in [3.8, 4) is 0 Å². The highest BCUT2D eigenvalue weighted by atomic mass is 35.5. The number of nitrogens with zero attached hydrogens (tertiary/aromatic N) is 3. The minimum absolute atomic E-state index is 0.0150. The second-order valence-electron chi connectivity index (χ2n) is 6.74. The number of amides is 1. The van der Waals surface area contributed by atoms with E-state index in [0.717, 1.165) is 24.0 Å². The zero-order valence-electron chi connectivity index (χ0n) is 14.8. The average Bonchev–Trinajstić information content (AvgIpc) is 3.19. The smallest absolute Gasteiger partial charge is 0.254 e. The zero-order valence-corrected chi connectivity index (χ0v) is 15.5. The standard InChI is InChI=1S/C19H22ClN3O2/c1-12-8-17(20)13(2)7-16(12)19(25)23-6-4-5-15(23)9-18(24)14-10-21-22(3)11-14/h7-8,10-11,15H,4-6,9H2,1-3H3. The van der Waals surface area contributed by atoms with Gasteiger partial charge in [0.1, 0.15) is 0 Å². The minimum atomic E-state index is -0.0596. The second-order valence-corrected chi connectivity index (χ2v) is 7.15. The van der Waals surface area contributed by atoms with E-state index in [4.69, 9.17) is 11.6 Å². The number of rotatable bonds is 4. The van der Waals surface area contributed by atoms with Crippen molar-refractivity contribution in [1.29, 1.82) is 0 Å². The minimum Gasteiger partial charge on any atom is -0.335 e. The van der Waals surface area contributed by atoms with Gasteiger partial charge in [0.2, 0.25) is 0 Å². The van der Waals surface area contributed by atoms with Crippen LogP contribution in [0, 0.1) is 13.8 Å². The molecule has 1 aromatic heterocycles. The van der Waals surface area contributed by atoms with Gasteiger partial charge in [0.05, 0.1) is 11.8 Å². The lowest BCUT2D eigenvalue weighted by Gasteiger charge is -2.25. The number of likely N-dealkylation sites (tertiary alicyclic amines) is 1. The number of aryl methyl sites for hydroxylation is 3. The van der Waals surface area contributed by atoms with Crippen molar-refractivity contribution in [1.82, 2.24) is 14.7 Å². The Hall–Kier alpha value is -2.14. The number of Topliss-reactive ketones (excluding diaryl/α,β-unsaturated/α-hetero) is 1. The van der Waals surface area contributed by atoms with Crippen molar-refractivity contribution in [3.63, 3.8) is 0 Å². The summed E-state index contributed by atoms with van der Waals surface area (Å²) >= 11 is 6.14. The van der Waals surface area contributed by atoms with E-state index in [1.165, 1.54) is 0 Å². The largest absolute Gasteiger partial charge is 0.335 e. The highest BCUT2D eigenvalue weighted by molar-refractivity contribution is 6.31. The third-order valence-electron chi connectivity index (χ3n) is 4.82. The molecule has 25 heavy (non-hydrogen) atoms. The average molecular weight is 360 g/mol. The Bertz CT molecular complexity index is 828. The van der Waals surface area contributed by atoms with Crippen molar-refractivity contribution in [3.05, 3.63) is 51.8 Å². The first-order valence-electron chi connectivity index (χ1n) is 8.46. The van der Waals surface area contributed by atoms with E-state index in [9.17, 15) is 9.59 Å². The maximum absolute atomic E-state index is 13.0. The van der Waals surface area contributed by atoms with Crippen LogP contribution < -0.4 is 0 Å². The number of carbonyl (C=O) groups excluding carboxylic acids is 2. The molecule has 6 heteroatoms. The molecule has 2 aromatic rings. The number of hydrogen-bond donors (Lipinski definition) is 0. The lowest BCUT2D eigenvalue weighted by Crippen LogP contribution is -2.37. The molecule has 1 fully saturated rings. The SMILES string of the molecule is Cc1cc(C(=O)N2CCCC2CC(=O)c2cnn(C)c2)c(C)cc1Cl. The van der Waals surface area contributed by atoms with Gasteiger partial charge in [-0.3, -0.25) is 14.3 Å². The molecule has 0 saturated carbocycles. The molecule has 1 aromatic carbocycles. The Labute approximate surface area is 152 Å². The molecule has 132 valence electrons. The first kappa shape index (κ1) is 17.7. The third-order valence-corrected chi connectivity index (χ3v) is 5.23. The van der Waals surface area contributed by atoms with Crippen LogP contribution in [-0.2, 0) is 7.05 Å². The van der Waals surface area contributed by atoms with E-state index in [2.05, 4.69) is 5.10 Å². The molecule has 0 radical (unpaired) electrons. The van der Waals surface area contributed by atoms with E-state index in [0.29, 0.717) is 29.1 Å². The van der Waals surface area contributed by atoms with Crippen molar-refractivity contribution in [2.24, 2.45) is 7.05 Å². The fraction of sp³-hybridized carbons (Fsp3) is 0.421. The fourth-order valence-electron chi connectivity index (χ4n) is 3.38. The Balaban J connectivity index is 1.78. The zero-order chi connectivity index (χ0) is 18.1. The molecule has 1 aliphatic heterocycles. The molecular weight excluding hydrogens is 338 g/mol. The van der Waals surface area contributed by atoms with E-state index < -0.39 is 0 Å². The number of aromatic nitrogens is 2. The van der Waals surface area contributed by atoms with E-state index in [-0.39, 0.29) is 17.7 Å². The molecule has 5 nitrogen and oxygen atoms in total. The summed E-state index contributed by atoms with van der Waals surface area (Å²) in [5.41, 5.74) is 3.02. The van der Waals surface area contributed by atoms with Crippen LogP contribution in [0.5, 0.6) is 0 Å². The monoisotopic (exact) mass is 359 g/mol. The molecule has 1 saturated heterocycles. The quantitative estimate of drug-likeness (QED) is 0.784. The molecule has 1 aliphatic rings. The summed E-state index contributed by atoms with van der Waals surface area (Å²) in [7, 11) is 1.79. The van der Waals surface area contributed by atoms with Crippen LogP contribution >= 0.6 is 11.6 Å². The van der Waals surface area contributed by atoms with Crippen molar-refractivity contribution in [2.75, 3.05) is 6.54 Å². The molecule has 1 amide bonds. The summed E-state index contributed by atoms with van der Waals surface area (Å²) in [4.78, 5) is 27.3. The molecule has 2 heterocycles. The van der Waals surface area contributed by atoms with Crippen LogP contribution in [-0.4, -0.2) is 39.0 Å². The van der Waals surface area contributed by atoms with Gasteiger partial charge in [-0.1, -0.05) is 11.6 Å². The second kappa shape index (κ2) is 7.00. The molecule has 0 aliphatic carbocycles. The summed E-state index contributed by atoms with van der Waals surface area (Å²) in [6.07, 6.45) is 5.40. The van der Waals surface area contributed by atoms with Gasteiger partial charge >= 0.3 is 0 Å². The normalized spacial score (nSPS) is 17.1. The van der Waals surface area contributed by atoms with Gasteiger partial charge in [-0.2, -0.15) is 5.10 Å². The van der Waals surface area contributed by atoms with Crippen molar-refractivity contribution in [2.45, 2.75) is 39.2 Å². The first-order chi connectivity index (χ1) is 11.9. The summed E-state index contributed by atoms with van der Waals surface area (Å²) in [6, 6.07) is 3.62. The summed E-state index contributed by atoms with van der Waals surface area (Å²) in [5, 5.41) is 4.71. The van der Waals surface area contributed by atoms with Crippen LogP contribution in [0.3, 0.4) is 0 Å². The van der Waals surface area contributed by atoms with Gasteiger partial charge in [0.25, 0.3) is 5.91 Å². The number of halogens is 1. The Morgan fingerprint density at radius 3 is 2.72 bits per heavy atom. The predicted octanol–water partition coefficient (Wildman–Crippen LogP) is 3.57. The van der Waals surface area contributed by atoms with Crippen LogP contribution in [0.4, 0.5) is 0 Å². The first-order valence-corrected chi connectivity index (χ1v) is 8.84. The van der Waals surface area contributed by atoms with Crippen LogP contribution in [0.1, 0.15) is 51.1 Å². The number of hydrogen-bond acceptors (Lipinski definition) is 3. The third kappa shape index (κ3) is 3.61. The van der Waals surface area contributed by atoms with E-state index in [1.807, 2.05) is 30.9 Å². The van der Waals surface area contributed by atoms with E-state index >= 15 is 0 Å². The van der Waals surface area contributed by atoms with Gasteiger partial charge in [0, 0.05) is 42.8 Å². The van der Waals surface area contributed by atoms with Gasteiger partial charge < -0.3 is 4.90 Å². The van der Waals surface area contributed by atoms with Crippen LogP contribution in [0.25, 0.3) is 0 Å². The molecule has 1 unspecified atom stereocenters. The predicted molar refractivity (Wildman–Crippen MR) is 97.1 cm³/mol. The Morgan fingerprint density at radius 1 is 1.28 bits per heavy atom. The van der Waals surface area contributed by atoms with Gasteiger partial charge in [0.15, 0.2) is 5.78 Å². The van der Waals surface area contributed by atoms with Crippen LogP contribution in [0.15, 0.2) is 24.5 Å². The molecule has 0 N–H and O–H groups in total. The summed E-state index contributed by atoms with van der Waals surface area (Å²) < 4.78 is 1.62. The lowest BCUT2D eigenvalue weighted by atomic mass is 10.0. The number of ketones is 1. The van der Waals surface area contributed by atoms with Gasteiger partial charge in [-0.15, -0.1) is 0 Å². The van der Waals surface area contributed by atoms with Crippen molar-refractivity contribution < 1.29 is 9.59 Å². The maximum Gasteiger partial charge on any atom is 0.254 e. The number of carbonyl (C=O) groups is 2. The molecular formula is C19H22ClN3O2.